The Morgan fingerprint density at radius 2 is 2.00 bits per heavy atom. The normalized spacial score (nSPS) is 16.2. The van der Waals surface area contributed by atoms with Crippen molar-refractivity contribution in [2.75, 3.05) is 25.0 Å². The Kier molecular flexibility index (Phi) is 7.32. The minimum Gasteiger partial charge on any atom is -0.493 e. The number of pyridine rings is 1. The molecular weight excluding hydrogens is 503 g/mol. The van der Waals surface area contributed by atoms with Crippen LogP contribution in [0.2, 0.25) is 0 Å². The summed E-state index contributed by atoms with van der Waals surface area (Å²) in [6, 6.07) is 8.04. The van der Waals surface area contributed by atoms with Gasteiger partial charge in [-0.15, -0.1) is 10.2 Å². The molecule has 0 unspecified atom stereocenters. The van der Waals surface area contributed by atoms with E-state index in [0.29, 0.717) is 61.0 Å². The first kappa shape index (κ1) is 26.3. The molecule has 0 spiro atoms. The summed E-state index contributed by atoms with van der Waals surface area (Å²) < 4.78 is 28.6. The maximum Gasteiger partial charge on any atom is 0.410 e. The third-order valence-electron chi connectivity index (χ3n) is 6.41. The summed E-state index contributed by atoms with van der Waals surface area (Å²) >= 11 is 0. The maximum absolute atomic E-state index is 15.4. The second kappa shape index (κ2) is 10.8. The van der Waals surface area contributed by atoms with Gasteiger partial charge in [-0.25, -0.2) is 14.2 Å². The van der Waals surface area contributed by atoms with E-state index in [1.807, 2.05) is 31.4 Å². The second-order valence-electron chi connectivity index (χ2n) is 10.5. The lowest BCUT2D eigenvalue weighted by Gasteiger charge is -2.29. The van der Waals surface area contributed by atoms with Crippen molar-refractivity contribution in [3.05, 3.63) is 59.7 Å². The third kappa shape index (κ3) is 6.08. The topological polar surface area (TPSA) is 111 Å². The highest BCUT2D eigenvalue weighted by atomic mass is 19.1. The summed E-state index contributed by atoms with van der Waals surface area (Å²) in [5.41, 5.74) is 1.19. The van der Waals surface area contributed by atoms with Crippen LogP contribution in [0.1, 0.15) is 56.0 Å². The average Bonchev–Trinajstić information content (AvgIpc) is 3.36. The molecule has 11 heteroatoms. The number of fused-ring (bicyclic) bond motifs is 5. The van der Waals surface area contributed by atoms with E-state index in [4.69, 9.17) is 9.47 Å². The van der Waals surface area contributed by atoms with Crippen molar-refractivity contribution in [1.29, 1.82) is 0 Å². The number of benzene rings is 1. The van der Waals surface area contributed by atoms with Crippen LogP contribution in [0.5, 0.6) is 5.75 Å². The predicted molar refractivity (Wildman–Crippen MR) is 143 cm³/mol. The number of carbonyl (C=O) groups is 2. The van der Waals surface area contributed by atoms with Crippen molar-refractivity contribution in [2.45, 2.75) is 52.2 Å². The van der Waals surface area contributed by atoms with Gasteiger partial charge in [-0.3, -0.25) is 4.79 Å². The molecule has 2 aliphatic heterocycles. The standard InChI is InChI=1S/C28H31FN6O4/c1-28(2,3)39-27(37)34-12-9-18(10-13-34)19-15-20-23(16-21(19)29)38-14-5-4-11-35-17-30-33-25(35)22-7-6-8-24(31-22)32-26(20)36/h6-9,15-17H,4-5,10-14H2,1-3H3,(H,31,32,36). The Hall–Kier alpha value is -4.28. The molecule has 0 saturated heterocycles. The van der Waals surface area contributed by atoms with E-state index in [-0.39, 0.29) is 17.9 Å². The first-order valence-electron chi connectivity index (χ1n) is 13.0. The molecule has 2 aliphatic rings. The Morgan fingerprint density at radius 3 is 2.77 bits per heavy atom. The van der Waals surface area contributed by atoms with Crippen LogP contribution in [-0.2, 0) is 11.3 Å². The second-order valence-corrected chi connectivity index (χ2v) is 10.5. The molecule has 2 amide bonds. The van der Waals surface area contributed by atoms with Gasteiger partial charge in [-0.1, -0.05) is 12.1 Å². The van der Waals surface area contributed by atoms with Gasteiger partial charge in [0.2, 0.25) is 0 Å². The van der Waals surface area contributed by atoms with Crippen LogP contribution in [0.15, 0.2) is 42.7 Å². The number of amides is 2. The van der Waals surface area contributed by atoms with Gasteiger partial charge < -0.3 is 24.3 Å². The number of ether oxygens (including phenoxy) is 2. The molecule has 1 aromatic carbocycles. The molecule has 3 aromatic rings. The fourth-order valence-electron chi connectivity index (χ4n) is 4.50. The van der Waals surface area contributed by atoms with Crippen LogP contribution in [0, 0.1) is 5.82 Å². The summed E-state index contributed by atoms with van der Waals surface area (Å²) in [5.74, 6) is 0.137. The number of halogens is 1. The highest BCUT2D eigenvalue weighted by molar-refractivity contribution is 6.06. The van der Waals surface area contributed by atoms with Gasteiger partial charge >= 0.3 is 6.09 Å². The Bertz CT molecular complexity index is 1430. The molecule has 10 nitrogen and oxygen atoms in total. The number of carbonyl (C=O) groups excluding carboxylic acids is 2. The Balaban J connectivity index is 1.43. The SMILES string of the molecule is CC(C)(C)OC(=O)N1CC=C(c2cc3c(cc2F)OCCCCn2cnnc2-c2cccc(n2)NC3=O)CC1. The van der Waals surface area contributed by atoms with Crippen molar-refractivity contribution < 1.29 is 23.5 Å². The first-order valence-corrected chi connectivity index (χ1v) is 13.0. The highest BCUT2D eigenvalue weighted by Crippen LogP contribution is 2.32. The van der Waals surface area contributed by atoms with Gasteiger partial charge in [0.25, 0.3) is 5.91 Å². The van der Waals surface area contributed by atoms with E-state index in [0.717, 1.165) is 6.42 Å². The predicted octanol–water partition coefficient (Wildman–Crippen LogP) is 4.93. The third-order valence-corrected chi connectivity index (χ3v) is 6.41. The molecule has 5 rings (SSSR count). The average molecular weight is 535 g/mol. The van der Waals surface area contributed by atoms with Gasteiger partial charge in [0.05, 0.1) is 12.2 Å². The molecule has 204 valence electrons. The van der Waals surface area contributed by atoms with Crippen molar-refractivity contribution in [3.63, 3.8) is 0 Å². The highest BCUT2D eigenvalue weighted by Gasteiger charge is 2.26. The van der Waals surface area contributed by atoms with Crippen molar-refractivity contribution in [1.82, 2.24) is 24.6 Å². The zero-order valence-corrected chi connectivity index (χ0v) is 22.2. The molecule has 39 heavy (non-hydrogen) atoms. The molecule has 2 aromatic heterocycles. The number of nitrogens with zero attached hydrogens (tertiary/aromatic N) is 5. The Morgan fingerprint density at radius 1 is 1.15 bits per heavy atom. The van der Waals surface area contributed by atoms with E-state index >= 15 is 4.39 Å². The summed E-state index contributed by atoms with van der Waals surface area (Å²) in [6.45, 7) is 7.07. The molecule has 4 heterocycles. The lowest BCUT2D eigenvalue weighted by atomic mass is 9.96. The Labute approximate surface area is 225 Å². The smallest absolute Gasteiger partial charge is 0.410 e. The van der Waals surface area contributed by atoms with Crippen molar-refractivity contribution >= 4 is 23.4 Å². The van der Waals surface area contributed by atoms with Crippen LogP contribution in [-0.4, -0.2) is 61.9 Å². The minimum atomic E-state index is -0.601. The number of hydrogen-bond acceptors (Lipinski definition) is 7. The van der Waals surface area contributed by atoms with Crippen LogP contribution in [0.4, 0.5) is 15.0 Å². The van der Waals surface area contributed by atoms with Crippen LogP contribution >= 0.6 is 0 Å². The first-order chi connectivity index (χ1) is 18.7. The fraction of sp³-hybridized carbons (Fsp3) is 0.393. The molecule has 2 bridgehead atoms. The lowest BCUT2D eigenvalue weighted by Crippen LogP contribution is -2.39. The molecule has 0 radical (unpaired) electrons. The summed E-state index contributed by atoms with van der Waals surface area (Å²) in [4.78, 5) is 32.0. The number of aromatic nitrogens is 4. The summed E-state index contributed by atoms with van der Waals surface area (Å²) in [5, 5.41) is 11.0. The number of aryl methyl sites for hydroxylation is 1. The van der Waals surface area contributed by atoms with E-state index in [1.54, 1.807) is 29.4 Å². The van der Waals surface area contributed by atoms with Gasteiger partial charge in [0.1, 0.15) is 35.0 Å². The van der Waals surface area contributed by atoms with Gasteiger partial charge in [0.15, 0.2) is 5.82 Å². The summed E-state index contributed by atoms with van der Waals surface area (Å²) in [7, 11) is 0. The molecule has 0 saturated carbocycles. The monoisotopic (exact) mass is 534 g/mol. The largest absolute Gasteiger partial charge is 0.493 e. The summed E-state index contributed by atoms with van der Waals surface area (Å²) in [6.07, 6.45) is 4.90. The van der Waals surface area contributed by atoms with Gasteiger partial charge in [-0.05, 0) is 63.8 Å². The molecular formula is C28H31FN6O4. The van der Waals surface area contributed by atoms with Crippen LogP contribution in [0.3, 0.4) is 0 Å². The number of hydrogen-bond donors (Lipinski definition) is 1. The van der Waals surface area contributed by atoms with Crippen LogP contribution < -0.4 is 10.1 Å². The number of nitrogens with one attached hydrogen (secondary N) is 1. The van der Waals surface area contributed by atoms with Crippen LogP contribution in [0.25, 0.3) is 17.1 Å². The molecule has 1 N–H and O–H groups in total. The van der Waals surface area contributed by atoms with E-state index in [1.165, 1.54) is 12.1 Å². The molecule has 0 atom stereocenters. The zero-order valence-electron chi connectivity index (χ0n) is 22.2. The number of anilines is 1. The van der Waals surface area contributed by atoms with E-state index < -0.39 is 23.4 Å². The molecule has 0 aliphatic carbocycles. The maximum atomic E-state index is 15.4. The van der Waals surface area contributed by atoms with E-state index in [2.05, 4.69) is 20.5 Å². The minimum absolute atomic E-state index is 0.166. The quantitative estimate of drug-likeness (QED) is 0.471. The molecule has 0 fully saturated rings. The zero-order chi connectivity index (χ0) is 27.6. The van der Waals surface area contributed by atoms with Gasteiger partial charge in [0, 0.05) is 31.3 Å². The van der Waals surface area contributed by atoms with Gasteiger partial charge in [-0.2, -0.15) is 0 Å². The number of rotatable bonds is 1. The van der Waals surface area contributed by atoms with E-state index in [9.17, 15) is 9.59 Å². The van der Waals surface area contributed by atoms with Crippen molar-refractivity contribution in [3.8, 4) is 17.3 Å². The fourth-order valence-corrected chi connectivity index (χ4v) is 4.50. The lowest BCUT2D eigenvalue weighted by molar-refractivity contribution is 0.0270. The van der Waals surface area contributed by atoms with Crippen molar-refractivity contribution in [2.24, 2.45) is 0 Å².